The molecule has 0 unspecified atom stereocenters. The molecule has 2 heterocycles. The normalized spacial score (nSPS) is 15.0. The highest BCUT2D eigenvalue weighted by atomic mass is 16.2. The van der Waals surface area contributed by atoms with Crippen LogP contribution < -0.4 is 4.90 Å². The van der Waals surface area contributed by atoms with Gasteiger partial charge in [-0.3, -0.25) is 9.69 Å². The van der Waals surface area contributed by atoms with Gasteiger partial charge in [0, 0.05) is 26.2 Å². The van der Waals surface area contributed by atoms with Crippen LogP contribution in [-0.4, -0.2) is 71.5 Å². The van der Waals surface area contributed by atoms with Crippen molar-refractivity contribution in [1.29, 1.82) is 5.26 Å². The molecule has 0 aromatic carbocycles. The van der Waals surface area contributed by atoms with Gasteiger partial charge in [0.05, 0.1) is 18.9 Å². The highest BCUT2D eigenvalue weighted by Gasteiger charge is 2.22. The van der Waals surface area contributed by atoms with Crippen molar-refractivity contribution in [2.45, 2.75) is 13.8 Å². The maximum absolute atomic E-state index is 12.3. The summed E-state index contributed by atoms with van der Waals surface area (Å²) in [5.74, 6) is 0.948. The van der Waals surface area contributed by atoms with Crippen molar-refractivity contribution in [3.63, 3.8) is 0 Å². The number of nitriles is 1. The van der Waals surface area contributed by atoms with Gasteiger partial charge in [-0.15, -0.1) is 0 Å². The second-order valence-corrected chi connectivity index (χ2v) is 5.20. The van der Waals surface area contributed by atoms with Crippen LogP contribution in [-0.2, 0) is 4.79 Å². The Morgan fingerprint density at radius 3 is 2.41 bits per heavy atom. The minimum Gasteiger partial charge on any atom is -0.352 e. The van der Waals surface area contributed by atoms with Crippen molar-refractivity contribution in [1.82, 2.24) is 19.8 Å². The summed E-state index contributed by atoms with van der Waals surface area (Å²) >= 11 is 0. The van der Waals surface area contributed by atoms with E-state index < -0.39 is 0 Å². The molecular weight excluding hydrogens is 280 g/mol. The molecule has 0 atom stereocenters. The van der Waals surface area contributed by atoms with Crippen LogP contribution in [0.4, 0.5) is 5.82 Å². The number of rotatable bonds is 5. The molecule has 1 aliphatic heterocycles. The number of aromatic nitrogens is 2. The number of hydrogen-bond acceptors (Lipinski definition) is 6. The zero-order valence-electron chi connectivity index (χ0n) is 13.2. The van der Waals surface area contributed by atoms with Crippen LogP contribution in [0.2, 0.25) is 0 Å². The predicted molar refractivity (Wildman–Crippen MR) is 83.3 cm³/mol. The number of nitrogens with zero attached hydrogens (tertiary/aromatic N) is 6. The van der Waals surface area contributed by atoms with Crippen LogP contribution in [0.3, 0.4) is 0 Å². The zero-order chi connectivity index (χ0) is 15.9. The van der Waals surface area contributed by atoms with E-state index in [0.717, 1.165) is 32.0 Å². The molecule has 118 valence electrons. The third-order valence-corrected chi connectivity index (χ3v) is 3.96. The Morgan fingerprint density at radius 2 is 1.91 bits per heavy atom. The van der Waals surface area contributed by atoms with Crippen LogP contribution in [0.5, 0.6) is 0 Å². The summed E-state index contributed by atoms with van der Waals surface area (Å²) in [5, 5.41) is 8.73. The summed E-state index contributed by atoms with van der Waals surface area (Å²) in [6, 6.07) is 1.96. The summed E-state index contributed by atoms with van der Waals surface area (Å²) in [5.41, 5.74) is 0.316. The highest BCUT2D eigenvalue weighted by molar-refractivity contribution is 5.78. The first kappa shape index (κ1) is 16.2. The lowest BCUT2D eigenvalue weighted by molar-refractivity contribution is -0.132. The lowest BCUT2D eigenvalue weighted by atomic mass is 10.3. The van der Waals surface area contributed by atoms with Crippen molar-refractivity contribution in [2.75, 3.05) is 50.7 Å². The van der Waals surface area contributed by atoms with E-state index in [2.05, 4.69) is 33.6 Å². The van der Waals surface area contributed by atoms with Crippen LogP contribution in [0, 0.1) is 11.3 Å². The van der Waals surface area contributed by atoms with Crippen LogP contribution >= 0.6 is 0 Å². The molecule has 0 bridgehead atoms. The van der Waals surface area contributed by atoms with E-state index in [9.17, 15) is 4.79 Å². The molecule has 1 aromatic heterocycles. The van der Waals surface area contributed by atoms with Crippen molar-refractivity contribution in [2.24, 2.45) is 0 Å². The van der Waals surface area contributed by atoms with Gasteiger partial charge < -0.3 is 9.80 Å². The van der Waals surface area contributed by atoms with Gasteiger partial charge in [0.1, 0.15) is 11.9 Å². The van der Waals surface area contributed by atoms with E-state index in [1.54, 1.807) is 6.20 Å². The van der Waals surface area contributed by atoms with Gasteiger partial charge in [0.25, 0.3) is 0 Å². The molecule has 7 nitrogen and oxygen atoms in total. The molecule has 7 heteroatoms. The monoisotopic (exact) mass is 302 g/mol. The van der Waals surface area contributed by atoms with Gasteiger partial charge >= 0.3 is 0 Å². The number of piperazine rings is 1. The number of carbonyl (C=O) groups is 1. The molecular formula is C15H22N6O. The smallest absolute Gasteiger partial charge is 0.236 e. The Balaban J connectivity index is 1.87. The lowest BCUT2D eigenvalue weighted by Gasteiger charge is -2.36. The second-order valence-electron chi connectivity index (χ2n) is 5.20. The Bertz CT molecular complexity index is 526. The molecule has 1 amide bonds. The molecule has 0 N–H and O–H groups in total. The van der Waals surface area contributed by atoms with Crippen molar-refractivity contribution in [3.8, 4) is 6.07 Å². The van der Waals surface area contributed by atoms with E-state index in [0.29, 0.717) is 25.3 Å². The van der Waals surface area contributed by atoms with Gasteiger partial charge in [-0.1, -0.05) is 13.8 Å². The summed E-state index contributed by atoms with van der Waals surface area (Å²) < 4.78 is 0. The quantitative estimate of drug-likeness (QED) is 0.780. The summed E-state index contributed by atoms with van der Waals surface area (Å²) in [6.07, 6.45) is 3.10. The maximum atomic E-state index is 12.3. The van der Waals surface area contributed by atoms with E-state index in [1.807, 2.05) is 11.0 Å². The molecule has 2 rings (SSSR count). The third-order valence-electron chi connectivity index (χ3n) is 3.96. The first-order chi connectivity index (χ1) is 10.7. The first-order valence-electron chi connectivity index (χ1n) is 7.65. The zero-order valence-corrected chi connectivity index (χ0v) is 13.2. The standard InChI is InChI=1S/C15H22N6O/c1-3-19(4-2)12-15(22)21-7-5-20(6-8-21)14-11-17-13(9-16)10-18-14/h10-11H,3-8,12H2,1-2H3. The number of likely N-dealkylation sites (N-methyl/N-ethyl adjacent to an activating group) is 1. The van der Waals surface area contributed by atoms with Crippen molar-refractivity contribution in [3.05, 3.63) is 18.1 Å². The number of anilines is 1. The fraction of sp³-hybridized carbons (Fsp3) is 0.600. The van der Waals surface area contributed by atoms with Gasteiger partial charge in [-0.05, 0) is 13.1 Å². The molecule has 0 spiro atoms. The molecule has 1 fully saturated rings. The highest BCUT2D eigenvalue weighted by Crippen LogP contribution is 2.12. The lowest BCUT2D eigenvalue weighted by Crippen LogP contribution is -2.51. The number of hydrogen-bond donors (Lipinski definition) is 0. The van der Waals surface area contributed by atoms with Crippen LogP contribution in [0.15, 0.2) is 12.4 Å². The minimum atomic E-state index is 0.189. The SMILES string of the molecule is CCN(CC)CC(=O)N1CCN(c2cnc(C#N)cn2)CC1. The van der Waals surface area contributed by atoms with Crippen molar-refractivity contribution >= 4 is 11.7 Å². The van der Waals surface area contributed by atoms with Crippen LogP contribution in [0.1, 0.15) is 19.5 Å². The maximum Gasteiger partial charge on any atom is 0.236 e. The fourth-order valence-corrected chi connectivity index (χ4v) is 2.47. The largest absolute Gasteiger partial charge is 0.352 e. The molecule has 0 saturated carbocycles. The summed E-state index contributed by atoms with van der Waals surface area (Å²) in [4.78, 5) is 26.7. The molecule has 0 radical (unpaired) electrons. The summed E-state index contributed by atoms with van der Waals surface area (Å²) in [6.45, 7) is 9.28. The number of amides is 1. The third kappa shape index (κ3) is 3.92. The van der Waals surface area contributed by atoms with E-state index in [-0.39, 0.29) is 5.91 Å². The molecule has 1 aliphatic rings. The van der Waals surface area contributed by atoms with Gasteiger partial charge in [0.15, 0.2) is 5.69 Å². The van der Waals surface area contributed by atoms with Crippen molar-refractivity contribution < 1.29 is 4.79 Å². The fourth-order valence-electron chi connectivity index (χ4n) is 2.47. The minimum absolute atomic E-state index is 0.189. The number of carbonyl (C=O) groups excluding carboxylic acids is 1. The average molecular weight is 302 g/mol. The Hall–Kier alpha value is -2.20. The van der Waals surface area contributed by atoms with E-state index in [4.69, 9.17) is 5.26 Å². The van der Waals surface area contributed by atoms with Crippen LogP contribution in [0.25, 0.3) is 0 Å². The van der Waals surface area contributed by atoms with Gasteiger partial charge in [0.2, 0.25) is 5.91 Å². The topological polar surface area (TPSA) is 76.4 Å². The Kier molecular flexibility index (Phi) is 5.67. The second kappa shape index (κ2) is 7.71. The molecule has 0 aliphatic carbocycles. The first-order valence-corrected chi connectivity index (χ1v) is 7.65. The average Bonchev–Trinajstić information content (AvgIpc) is 2.59. The molecule has 22 heavy (non-hydrogen) atoms. The van der Waals surface area contributed by atoms with E-state index >= 15 is 0 Å². The predicted octanol–water partition coefficient (Wildman–Crippen LogP) is 0.339. The van der Waals surface area contributed by atoms with Gasteiger partial charge in [-0.2, -0.15) is 5.26 Å². The Morgan fingerprint density at radius 1 is 1.23 bits per heavy atom. The molecule has 1 saturated heterocycles. The summed E-state index contributed by atoms with van der Waals surface area (Å²) in [7, 11) is 0. The Labute approximate surface area is 131 Å². The van der Waals surface area contributed by atoms with E-state index in [1.165, 1.54) is 6.20 Å². The van der Waals surface area contributed by atoms with Gasteiger partial charge in [-0.25, -0.2) is 9.97 Å². The molecule has 1 aromatic rings.